The quantitative estimate of drug-likeness (QED) is 0.794. The Morgan fingerprint density at radius 3 is 2.87 bits per heavy atom. The number of Topliss-reactive ketones (excluding diaryl/α,β-unsaturated/α-hetero) is 1. The molecule has 0 spiro atoms. The van der Waals surface area contributed by atoms with Crippen molar-refractivity contribution < 1.29 is 4.79 Å². The molecule has 2 rings (SSSR count). The van der Waals surface area contributed by atoms with Crippen LogP contribution in [0.25, 0.3) is 10.9 Å². The number of aromatic amines is 1. The highest BCUT2D eigenvalue weighted by Crippen LogP contribution is 2.15. The van der Waals surface area contributed by atoms with Crippen LogP contribution >= 0.6 is 0 Å². The van der Waals surface area contributed by atoms with Crippen LogP contribution in [0.5, 0.6) is 0 Å². The van der Waals surface area contributed by atoms with E-state index >= 15 is 0 Å². The molecule has 0 aliphatic heterocycles. The van der Waals surface area contributed by atoms with Crippen LogP contribution in [0.4, 0.5) is 0 Å². The molecule has 0 saturated heterocycles. The third kappa shape index (κ3) is 2.07. The zero-order valence-electron chi connectivity index (χ0n) is 8.66. The van der Waals surface area contributed by atoms with Crippen LogP contribution in [0.1, 0.15) is 12.6 Å². The van der Waals surface area contributed by atoms with Gasteiger partial charge in [-0.2, -0.15) is 0 Å². The second-order valence-corrected chi connectivity index (χ2v) is 3.80. The van der Waals surface area contributed by atoms with E-state index in [9.17, 15) is 4.79 Å². The van der Waals surface area contributed by atoms with Crippen molar-refractivity contribution in [1.82, 2.24) is 4.98 Å². The van der Waals surface area contributed by atoms with Crippen molar-refractivity contribution in [3.05, 3.63) is 36.0 Å². The SMILES string of the molecule is CC(=O)C(N)Cc1cc2ccccc2[nH]1. The summed E-state index contributed by atoms with van der Waals surface area (Å²) in [6.45, 7) is 1.52. The maximum Gasteiger partial charge on any atom is 0.146 e. The van der Waals surface area contributed by atoms with E-state index < -0.39 is 6.04 Å². The second-order valence-electron chi connectivity index (χ2n) is 3.80. The summed E-state index contributed by atoms with van der Waals surface area (Å²) < 4.78 is 0. The van der Waals surface area contributed by atoms with Crippen LogP contribution in [0.15, 0.2) is 30.3 Å². The van der Waals surface area contributed by atoms with Gasteiger partial charge in [-0.3, -0.25) is 4.79 Å². The van der Waals surface area contributed by atoms with Gasteiger partial charge in [0.15, 0.2) is 0 Å². The van der Waals surface area contributed by atoms with E-state index in [-0.39, 0.29) is 5.78 Å². The Bertz CT molecular complexity index is 454. The number of benzene rings is 1. The Morgan fingerprint density at radius 2 is 2.20 bits per heavy atom. The summed E-state index contributed by atoms with van der Waals surface area (Å²) in [5.74, 6) is 0.0219. The van der Waals surface area contributed by atoms with Crippen LogP contribution in [0.2, 0.25) is 0 Å². The van der Waals surface area contributed by atoms with Crippen molar-refractivity contribution in [2.45, 2.75) is 19.4 Å². The molecule has 1 unspecified atom stereocenters. The molecule has 0 bridgehead atoms. The van der Waals surface area contributed by atoms with Crippen molar-refractivity contribution in [3.8, 4) is 0 Å². The number of hydrogen-bond acceptors (Lipinski definition) is 2. The van der Waals surface area contributed by atoms with E-state index in [0.717, 1.165) is 16.6 Å². The monoisotopic (exact) mass is 202 g/mol. The molecule has 2 aromatic rings. The van der Waals surface area contributed by atoms with Crippen molar-refractivity contribution >= 4 is 16.7 Å². The number of aromatic nitrogens is 1. The first-order valence-electron chi connectivity index (χ1n) is 4.99. The molecule has 0 aliphatic carbocycles. The van der Waals surface area contributed by atoms with Crippen molar-refractivity contribution in [2.24, 2.45) is 5.73 Å². The average Bonchev–Trinajstić information content (AvgIpc) is 2.59. The van der Waals surface area contributed by atoms with Crippen LogP contribution in [0.3, 0.4) is 0 Å². The third-order valence-corrected chi connectivity index (χ3v) is 2.55. The predicted molar refractivity (Wildman–Crippen MR) is 60.7 cm³/mol. The molecule has 1 aromatic carbocycles. The van der Waals surface area contributed by atoms with Crippen LogP contribution in [-0.2, 0) is 11.2 Å². The molecule has 3 N–H and O–H groups in total. The molecule has 0 aliphatic rings. The van der Waals surface area contributed by atoms with Gasteiger partial charge >= 0.3 is 0 Å². The fourth-order valence-electron chi connectivity index (χ4n) is 1.62. The van der Waals surface area contributed by atoms with Gasteiger partial charge in [-0.25, -0.2) is 0 Å². The highest BCUT2D eigenvalue weighted by molar-refractivity contribution is 5.83. The average molecular weight is 202 g/mol. The van der Waals surface area contributed by atoms with E-state index in [2.05, 4.69) is 4.98 Å². The molecule has 1 aromatic heterocycles. The lowest BCUT2D eigenvalue weighted by Crippen LogP contribution is -2.30. The number of hydrogen-bond donors (Lipinski definition) is 2. The Kier molecular flexibility index (Phi) is 2.56. The standard InChI is InChI=1S/C12H14N2O/c1-8(15)11(13)7-10-6-9-4-2-3-5-12(9)14-10/h2-6,11,14H,7,13H2,1H3. The van der Waals surface area contributed by atoms with Crippen molar-refractivity contribution in [1.29, 1.82) is 0 Å². The maximum absolute atomic E-state index is 11.0. The number of ketones is 1. The van der Waals surface area contributed by atoms with Crippen LogP contribution < -0.4 is 5.73 Å². The molecule has 1 heterocycles. The van der Waals surface area contributed by atoms with Gasteiger partial charge in [-0.05, 0) is 24.4 Å². The Morgan fingerprint density at radius 1 is 1.47 bits per heavy atom. The molecular weight excluding hydrogens is 188 g/mol. The van der Waals surface area contributed by atoms with Gasteiger partial charge in [0.2, 0.25) is 0 Å². The highest BCUT2D eigenvalue weighted by atomic mass is 16.1. The molecule has 0 radical (unpaired) electrons. The van der Waals surface area contributed by atoms with Crippen molar-refractivity contribution in [2.75, 3.05) is 0 Å². The lowest BCUT2D eigenvalue weighted by Gasteiger charge is -2.04. The molecular formula is C12H14N2O. The van der Waals surface area contributed by atoms with Gasteiger partial charge in [-0.15, -0.1) is 0 Å². The van der Waals surface area contributed by atoms with E-state index in [1.165, 1.54) is 6.92 Å². The number of carbonyl (C=O) groups is 1. The third-order valence-electron chi connectivity index (χ3n) is 2.55. The van der Waals surface area contributed by atoms with Crippen molar-refractivity contribution in [3.63, 3.8) is 0 Å². The Hall–Kier alpha value is -1.61. The van der Waals surface area contributed by atoms with Crippen LogP contribution in [-0.4, -0.2) is 16.8 Å². The summed E-state index contributed by atoms with van der Waals surface area (Å²) in [6, 6.07) is 9.65. The summed E-state index contributed by atoms with van der Waals surface area (Å²) in [4.78, 5) is 14.3. The summed E-state index contributed by atoms with van der Waals surface area (Å²) in [7, 11) is 0. The number of rotatable bonds is 3. The zero-order valence-corrected chi connectivity index (χ0v) is 8.66. The largest absolute Gasteiger partial charge is 0.358 e. The first-order valence-corrected chi connectivity index (χ1v) is 4.99. The van der Waals surface area contributed by atoms with Gasteiger partial charge in [0, 0.05) is 17.6 Å². The molecule has 15 heavy (non-hydrogen) atoms. The summed E-state index contributed by atoms with van der Waals surface area (Å²) in [5, 5.41) is 1.16. The van der Waals surface area contributed by atoms with E-state index in [1.807, 2.05) is 30.3 Å². The number of nitrogens with one attached hydrogen (secondary N) is 1. The smallest absolute Gasteiger partial charge is 0.146 e. The zero-order chi connectivity index (χ0) is 10.8. The van der Waals surface area contributed by atoms with Gasteiger partial charge in [-0.1, -0.05) is 18.2 Å². The number of para-hydroxylation sites is 1. The van der Waals surface area contributed by atoms with Gasteiger partial charge < -0.3 is 10.7 Å². The topological polar surface area (TPSA) is 58.9 Å². The van der Waals surface area contributed by atoms with Crippen LogP contribution in [0, 0.1) is 0 Å². The first-order chi connectivity index (χ1) is 7.16. The molecule has 3 nitrogen and oxygen atoms in total. The minimum Gasteiger partial charge on any atom is -0.358 e. The molecule has 3 heteroatoms. The van der Waals surface area contributed by atoms with Gasteiger partial charge in [0.25, 0.3) is 0 Å². The fraction of sp³-hybridized carbons (Fsp3) is 0.250. The minimum absolute atomic E-state index is 0.0219. The number of fused-ring (bicyclic) bond motifs is 1. The van der Waals surface area contributed by atoms with Gasteiger partial charge in [0.1, 0.15) is 5.78 Å². The summed E-state index contributed by atoms with van der Waals surface area (Å²) >= 11 is 0. The number of nitrogens with two attached hydrogens (primary N) is 1. The number of H-pyrrole nitrogens is 1. The van der Waals surface area contributed by atoms with Gasteiger partial charge in [0.05, 0.1) is 6.04 Å². The number of carbonyl (C=O) groups excluding carboxylic acids is 1. The maximum atomic E-state index is 11.0. The van der Waals surface area contributed by atoms with E-state index in [0.29, 0.717) is 6.42 Å². The Labute approximate surface area is 88.3 Å². The lowest BCUT2D eigenvalue weighted by atomic mass is 10.1. The minimum atomic E-state index is -0.405. The highest BCUT2D eigenvalue weighted by Gasteiger charge is 2.10. The lowest BCUT2D eigenvalue weighted by molar-refractivity contribution is -0.118. The summed E-state index contributed by atoms with van der Waals surface area (Å²) in [5.41, 5.74) is 7.80. The fourth-order valence-corrected chi connectivity index (χ4v) is 1.62. The molecule has 78 valence electrons. The normalized spacial score (nSPS) is 12.9. The Balaban J connectivity index is 2.26. The van der Waals surface area contributed by atoms with E-state index in [4.69, 9.17) is 5.73 Å². The molecule has 0 saturated carbocycles. The summed E-state index contributed by atoms with van der Waals surface area (Å²) in [6.07, 6.45) is 0.573. The predicted octanol–water partition coefficient (Wildman–Crippen LogP) is 1.63. The first kappa shape index (κ1) is 9.93. The van der Waals surface area contributed by atoms with E-state index in [1.54, 1.807) is 0 Å². The molecule has 0 amide bonds. The second kappa shape index (κ2) is 3.87. The molecule has 1 atom stereocenters. The molecule has 0 fully saturated rings.